The van der Waals surface area contributed by atoms with Gasteiger partial charge in [0.2, 0.25) is 0 Å². The largest absolute Gasteiger partial charge is 0.482 e. The lowest BCUT2D eigenvalue weighted by Gasteiger charge is -2.11. The normalized spacial score (nSPS) is 11.6. The molecule has 0 amide bonds. The third-order valence-corrected chi connectivity index (χ3v) is 2.36. The molecule has 1 rings (SSSR count). The van der Waals surface area contributed by atoms with E-state index < -0.39 is 0 Å². The van der Waals surface area contributed by atoms with Gasteiger partial charge in [-0.05, 0) is 31.0 Å². The Balaban J connectivity index is 2.44. The lowest BCUT2D eigenvalue weighted by Crippen LogP contribution is -2.20. The molecule has 0 heterocycles. The number of carbonyl (C=O) groups is 1. The van der Waals surface area contributed by atoms with E-state index in [0.717, 1.165) is 12.0 Å². The molecule has 0 aliphatic heterocycles. The van der Waals surface area contributed by atoms with Gasteiger partial charge in [0, 0.05) is 0 Å². The van der Waals surface area contributed by atoms with E-state index in [2.05, 4.69) is 6.58 Å². The highest BCUT2D eigenvalue weighted by atomic mass is 16.6. The van der Waals surface area contributed by atoms with Crippen LogP contribution in [0.5, 0.6) is 5.75 Å². The standard InChI is InChI=1S/C14H18O3/c1-4-11(3)17-14(15)10-16-13-8-6-7-12(5-2)9-13/h5-9,11H,2,4,10H2,1,3H3. The second kappa shape index (κ2) is 6.74. The van der Waals surface area contributed by atoms with Crippen molar-refractivity contribution in [3.05, 3.63) is 36.4 Å². The van der Waals surface area contributed by atoms with Crippen LogP contribution in [0.4, 0.5) is 0 Å². The summed E-state index contributed by atoms with van der Waals surface area (Å²) >= 11 is 0. The summed E-state index contributed by atoms with van der Waals surface area (Å²) in [5, 5.41) is 0. The number of benzene rings is 1. The van der Waals surface area contributed by atoms with Gasteiger partial charge in [-0.15, -0.1) is 0 Å². The Morgan fingerprint density at radius 2 is 2.29 bits per heavy atom. The maximum absolute atomic E-state index is 11.4. The molecule has 1 atom stereocenters. The van der Waals surface area contributed by atoms with Crippen LogP contribution < -0.4 is 4.74 Å². The predicted molar refractivity (Wildman–Crippen MR) is 67.9 cm³/mol. The summed E-state index contributed by atoms with van der Waals surface area (Å²) in [4.78, 5) is 11.4. The molecule has 0 radical (unpaired) electrons. The van der Waals surface area contributed by atoms with Gasteiger partial charge in [0.25, 0.3) is 0 Å². The second-order valence-corrected chi connectivity index (χ2v) is 3.77. The van der Waals surface area contributed by atoms with Gasteiger partial charge in [-0.1, -0.05) is 31.7 Å². The van der Waals surface area contributed by atoms with Crippen molar-refractivity contribution in [2.24, 2.45) is 0 Å². The van der Waals surface area contributed by atoms with E-state index in [0.29, 0.717) is 5.75 Å². The predicted octanol–water partition coefficient (Wildman–Crippen LogP) is 3.05. The van der Waals surface area contributed by atoms with Crippen LogP contribution in [0.25, 0.3) is 6.08 Å². The van der Waals surface area contributed by atoms with Crippen molar-refractivity contribution in [2.45, 2.75) is 26.4 Å². The van der Waals surface area contributed by atoms with Gasteiger partial charge in [0.15, 0.2) is 6.61 Å². The molecular formula is C14H18O3. The van der Waals surface area contributed by atoms with Gasteiger partial charge in [0.05, 0.1) is 6.10 Å². The fraction of sp³-hybridized carbons (Fsp3) is 0.357. The van der Waals surface area contributed by atoms with E-state index in [1.807, 2.05) is 32.0 Å². The molecule has 0 N–H and O–H groups in total. The number of hydrogen-bond donors (Lipinski definition) is 0. The quantitative estimate of drug-likeness (QED) is 0.710. The van der Waals surface area contributed by atoms with Crippen LogP contribution in [0.15, 0.2) is 30.8 Å². The highest BCUT2D eigenvalue weighted by molar-refractivity contribution is 5.71. The summed E-state index contributed by atoms with van der Waals surface area (Å²) in [5.74, 6) is 0.298. The summed E-state index contributed by atoms with van der Waals surface area (Å²) in [6, 6.07) is 7.39. The zero-order valence-electron chi connectivity index (χ0n) is 10.3. The Labute approximate surface area is 102 Å². The first-order valence-electron chi connectivity index (χ1n) is 5.70. The third-order valence-electron chi connectivity index (χ3n) is 2.36. The Morgan fingerprint density at radius 1 is 1.53 bits per heavy atom. The topological polar surface area (TPSA) is 35.5 Å². The van der Waals surface area contributed by atoms with E-state index in [1.54, 1.807) is 12.1 Å². The minimum atomic E-state index is -0.344. The van der Waals surface area contributed by atoms with Crippen molar-refractivity contribution in [3.8, 4) is 5.75 Å². The highest BCUT2D eigenvalue weighted by Gasteiger charge is 2.08. The molecule has 0 aliphatic carbocycles. The first-order valence-corrected chi connectivity index (χ1v) is 5.70. The maximum Gasteiger partial charge on any atom is 0.344 e. The Morgan fingerprint density at radius 3 is 2.94 bits per heavy atom. The number of hydrogen-bond acceptors (Lipinski definition) is 3. The molecule has 0 saturated carbocycles. The number of ether oxygens (including phenoxy) is 2. The molecule has 0 aliphatic rings. The van der Waals surface area contributed by atoms with Crippen LogP contribution in [-0.4, -0.2) is 18.7 Å². The molecule has 0 aromatic heterocycles. The van der Waals surface area contributed by atoms with Crippen molar-refractivity contribution in [2.75, 3.05) is 6.61 Å². The molecule has 0 saturated heterocycles. The molecular weight excluding hydrogens is 216 g/mol. The molecule has 3 heteroatoms. The van der Waals surface area contributed by atoms with Crippen LogP contribution in [0.2, 0.25) is 0 Å². The molecule has 0 fully saturated rings. The van der Waals surface area contributed by atoms with Crippen LogP contribution in [0.3, 0.4) is 0 Å². The van der Waals surface area contributed by atoms with E-state index in [4.69, 9.17) is 9.47 Å². The van der Waals surface area contributed by atoms with Crippen molar-refractivity contribution in [1.82, 2.24) is 0 Å². The van der Waals surface area contributed by atoms with Gasteiger partial charge in [-0.3, -0.25) is 0 Å². The molecule has 17 heavy (non-hydrogen) atoms. The van der Waals surface area contributed by atoms with Crippen molar-refractivity contribution in [3.63, 3.8) is 0 Å². The third kappa shape index (κ3) is 4.72. The molecule has 0 spiro atoms. The summed E-state index contributed by atoms with van der Waals surface area (Å²) in [7, 11) is 0. The van der Waals surface area contributed by atoms with Gasteiger partial charge < -0.3 is 9.47 Å². The van der Waals surface area contributed by atoms with Crippen molar-refractivity contribution < 1.29 is 14.3 Å². The number of carbonyl (C=O) groups excluding carboxylic acids is 1. The van der Waals surface area contributed by atoms with Gasteiger partial charge in [-0.2, -0.15) is 0 Å². The zero-order valence-corrected chi connectivity index (χ0v) is 10.3. The Hall–Kier alpha value is -1.77. The van der Waals surface area contributed by atoms with E-state index in [9.17, 15) is 4.79 Å². The number of esters is 1. The SMILES string of the molecule is C=Cc1cccc(OCC(=O)OC(C)CC)c1. The smallest absolute Gasteiger partial charge is 0.344 e. The van der Waals surface area contributed by atoms with Gasteiger partial charge in [0.1, 0.15) is 5.75 Å². The van der Waals surface area contributed by atoms with E-state index in [-0.39, 0.29) is 18.7 Å². The van der Waals surface area contributed by atoms with Gasteiger partial charge in [-0.25, -0.2) is 4.79 Å². The first-order chi connectivity index (χ1) is 8.15. The molecule has 0 bridgehead atoms. The lowest BCUT2D eigenvalue weighted by molar-refractivity contribution is -0.150. The summed E-state index contributed by atoms with van der Waals surface area (Å²) in [6.45, 7) is 7.43. The van der Waals surface area contributed by atoms with E-state index in [1.165, 1.54) is 0 Å². The average Bonchev–Trinajstić information content (AvgIpc) is 2.36. The summed E-state index contributed by atoms with van der Waals surface area (Å²) in [5.41, 5.74) is 0.956. The highest BCUT2D eigenvalue weighted by Crippen LogP contribution is 2.14. The van der Waals surface area contributed by atoms with Crippen LogP contribution >= 0.6 is 0 Å². The minimum absolute atomic E-state index is 0.0643. The summed E-state index contributed by atoms with van der Waals surface area (Å²) < 4.78 is 10.4. The van der Waals surface area contributed by atoms with Crippen molar-refractivity contribution in [1.29, 1.82) is 0 Å². The number of rotatable bonds is 6. The van der Waals surface area contributed by atoms with Crippen LogP contribution in [-0.2, 0) is 9.53 Å². The molecule has 92 valence electrons. The maximum atomic E-state index is 11.4. The molecule has 3 nitrogen and oxygen atoms in total. The monoisotopic (exact) mass is 234 g/mol. The van der Waals surface area contributed by atoms with Gasteiger partial charge >= 0.3 is 5.97 Å². The average molecular weight is 234 g/mol. The molecule has 1 unspecified atom stereocenters. The second-order valence-electron chi connectivity index (χ2n) is 3.77. The van der Waals surface area contributed by atoms with E-state index >= 15 is 0 Å². The molecule has 1 aromatic carbocycles. The van der Waals surface area contributed by atoms with Crippen LogP contribution in [0.1, 0.15) is 25.8 Å². The zero-order chi connectivity index (χ0) is 12.7. The van der Waals surface area contributed by atoms with Crippen LogP contribution in [0, 0.1) is 0 Å². The van der Waals surface area contributed by atoms with Crippen molar-refractivity contribution >= 4 is 12.0 Å². The summed E-state index contributed by atoms with van der Waals surface area (Å²) in [6.07, 6.45) is 2.47. The fourth-order valence-corrected chi connectivity index (χ4v) is 1.22. The first kappa shape index (κ1) is 13.3. The fourth-order valence-electron chi connectivity index (χ4n) is 1.22. The lowest BCUT2D eigenvalue weighted by atomic mass is 10.2. The Kier molecular flexibility index (Phi) is 5.27. The minimum Gasteiger partial charge on any atom is -0.482 e. The Bertz CT molecular complexity index is 385. The molecule has 1 aromatic rings.